The van der Waals surface area contributed by atoms with E-state index >= 15 is 0 Å². The second-order valence-corrected chi connectivity index (χ2v) is 4.44. The summed E-state index contributed by atoms with van der Waals surface area (Å²) < 4.78 is 16.5. The summed E-state index contributed by atoms with van der Waals surface area (Å²) in [4.78, 5) is 8.11. The van der Waals surface area contributed by atoms with Gasteiger partial charge in [-0.3, -0.25) is 0 Å². The molecule has 0 spiro atoms. The molecule has 0 saturated carbocycles. The minimum Gasteiger partial charge on any atom is -0.481 e. The molecule has 1 aromatic heterocycles. The van der Waals surface area contributed by atoms with Crippen LogP contribution in [-0.4, -0.2) is 24.2 Å². The number of nitrogens with zero attached hydrogens (tertiary/aromatic N) is 2. The predicted octanol–water partition coefficient (Wildman–Crippen LogP) is 2.63. The lowest BCUT2D eigenvalue weighted by atomic mass is 10.3. The Balaban J connectivity index is 2.31. The zero-order chi connectivity index (χ0) is 13.8. The number of aromatic nitrogens is 2. The van der Waals surface area contributed by atoms with E-state index in [1.807, 2.05) is 6.07 Å². The van der Waals surface area contributed by atoms with E-state index in [0.717, 1.165) is 4.47 Å². The van der Waals surface area contributed by atoms with Crippen LogP contribution in [0.15, 0.2) is 28.7 Å². The van der Waals surface area contributed by atoms with Crippen molar-refractivity contribution in [1.82, 2.24) is 9.97 Å². The van der Waals surface area contributed by atoms with E-state index < -0.39 is 0 Å². The van der Waals surface area contributed by atoms with E-state index in [0.29, 0.717) is 23.2 Å². The fraction of sp³-hybridized carbons (Fsp3) is 0.167. The van der Waals surface area contributed by atoms with Gasteiger partial charge in [0.1, 0.15) is 0 Å². The van der Waals surface area contributed by atoms with E-state index in [9.17, 15) is 0 Å². The average Bonchev–Trinajstić information content (AvgIpc) is 2.41. The lowest BCUT2D eigenvalue weighted by molar-refractivity contribution is 0.348. The molecule has 0 atom stereocenters. The monoisotopic (exact) mass is 325 g/mol. The molecule has 0 aliphatic rings. The summed E-state index contributed by atoms with van der Waals surface area (Å²) in [5.74, 6) is 1.15. The molecular weight excluding hydrogens is 314 g/mol. The van der Waals surface area contributed by atoms with Crippen LogP contribution in [0.2, 0.25) is 0 Å². The van der Waals surface area contributed by atoms with Crippen molar-refractivity contribution in [3.05, 3.63) is 28.7 Å². The minimum absolute atomic E-state index is 0.102. The van der Waals surface area contributed by atoms with Crippen molar-refractivity contribution < 1.29 is 14.2 Å². The fourth-order valence-corrected chi connectivity index (χ4v) is 1.73. The third kappa shape index (κ3) is 3.25. The topological polar surface area (TPSA) is 79.5 Å². The van der Waals surface area contributed by atoms with Crippen LogP contribution in [0.1, 0.15) is 0 Å². The summed E-state index contributed by atoms with van der Waals surface area (Å²) in [6, 6.07) is 6.91. The molecule has 6 nitrogen and oxygen atoms in total. The highest BCUT2D eigenvalue weighted by atomic mass is 79.9. The lowest BCUT2D eigenvalue weighted by Gasteiger charge is -2.09. The number of anilines is 1. The standard InChI is InChI=1S/C12H12BrN3O3/c1-17-10-6-11(18-2)16-12(15-10)19-9-4-3-7(13)5-8(9)14/h3-6H,14H2,1-2H3. The van der Waals surface area contributed by atoms with Gasteiger partial charge < -0.3 is 19.9 Å². The van der Waals surface area contributed by atoms with E-state index in [-0.39, 0.29) is 6.01 Å². The maximum Gasteiger partial charge on any atom is 0.328 e. The molecule has 2 rings (SSSR count). The normalized spacial score (nSPS) is 10.1. The highest BCUT2D eigenvalue weighted by Gasteiger charge is 2.09. The van der Waals surface area contributed by atoms with Crippen molar-refractivity contribution in [2.24, 2.45) is 0 Å². The smallest absolute Gasteiger partial charge is 0.328 e. The molecular formula is C12H12BrN3O3. The number of nitrogen functional groups attached to an aromatic ring is 1. The summed E-state index contributed by atoms with van der Waals surface area (Å²) in [5, 5.41) is 0. The van der Waals surface area contributed by atoms with Crippen LogP contribution in [-0.2, 0) is 0 Å². The van der Waals surface area contributed by atoms with Gasteiger partial charge in [0.2, 0.25) is 11.8 Å². The maximum atomic E-state index is 5.84. The number of ether oxygens (including phenoxy) is 3. The largest absolute Gasteiger partial charge is 0.481 e. The highest BCUT2D eigenvalue weighted by molar-refractivity contribution is 9.10. The van der Waals surface area contributed by atoms with E-state index in [2.05, 4.69) is 25.9 Å². The Morgan fingerprint density at radius 3 is 2.21 bits per heavy atom. The molecule has 0 amide bonds. The highest BCUT2D eigenvalue weighted by Crippen LogP contribution is 2.29. The molecule has 2 aromatic rings. The number of benzene rings is 1. The Hall–Kier alpha value is -2.02. The van der Waals surface area contributed by atoms with Crippen LogP contribution in [0.3, 0.4) is 0 Å². The maximum absolute atomic E-state index is 5.84. The van der Waals surface area contributed by atoms with Crippen molar-refractivity contribution in [1.29, 1.82) is 0 Å². The van der Waals surface area contributed by atoms with Crippen molar-refractivity contribution in [2.45, 2.75) is 0 Å². The van der Waals surface area contributed by atoms with Crippen molar-refractivity contribution in [3.63, 3.8) is 0 Å². The van der Waals surface area contributed by atoms with Crippen LogP contribution in [0.5, 0.6) is 23.5 Å². The number of nitrogens with two attached hydrogens (primary N) is 1. The molecule has 19 heavy (non-hydrogen) atoms. The number of hydrogen-bond donors (Lipinski definition) is 1. The number of halogens is 1. The Morgan fingerprint density at radius 1 is 1.05 bits per heavy atom. The fourth-order valence-electron chi connectivity index (χ4n) is 1.35. The van der Waals surface area contributed by atoms with Gasteiger partial charge in [-0.1, -0.05) is 15.9 Å². The van der Waals surface area contributed by atoms with Crippen molar-refractivity contribution >= 4 is 21.6 Å². The van der Waals surface area contributed by atoms with E-state index in [1.165, 1.54) is 14.2 Å². The molecule has 1 heterocycles. The van der Waals surface area contributed by atoms with Gasteiger partial charge in [0.15, 0.2) is 5.75 Å². The summed E-state index contributed by atoms with van der Waals surface area (Å²) in [6.07, 6.45) is 0. The lowest BCUT2D eigenvalue weighted by Crippen LogP contribution is -1.99. The molecule has 0 fully saturated rings. The Kier molecular flexibility index (Phi) is 4.06. The molecule has 1 aromatic carbocycles. The summed E-state index contributed by atoms with van der Waals surface area (Å²) in [5.41, 5.74) is 6.31. The number of hydrogen-bond acceptors (Lipinski definition) is 6. The summed E-state index contributed by atoms with van der Waals surface area (Å²) in [6.45, 7) is 0. The van der Waals surface area contributed by atoms with Crippen LogP contribution in [0.4, 0.5) is 5.69 Å². The Bertz CT molecular complexity index is 570. The third-order valence-electron chi connectivity index (χ3n) is 2.25. The first kappa shape index (κ1) is 13.4. The van der Waals surface area contributed by atoms with Crippen LogP contribution >= 0.6 is 15.9 Å². The molecule has 0 unspecified atom stereocenters. The van der Waals surface area contributed by atoms with Crippen LogP contribution in [0.25, 0.3) is 0 Å². The molecule has 2 N–H and O–H groups in total. The van der Waals surface area contributed by atoms with Crippen molar-refractivity contribution in [3.8, 4) is 23.5 Å². The predicted molar refractivity (Wildman–Crippen MR) is 73.8 cm³/mol. The van der Waals surface area contributed by atoms with Gasteiger partial charge in [-0.05, 0) is 18.2 Å². The van der Waals surface area contributed by atoms with Gasteiger partial charge >= 0.3 is 6.01 Å². The van der Waals surface area contributed by atoms with E-state index in [1.54, 1.807) is 18.2 Å². The SMILES string of the molecule is COc1cc(OC)nc(Oc2ccc(Br)cc2N)n1. The Morgan fingerprint density at radius 2 is 1.68 bits per heavy atom. The van der Waals surface area contributed by atoms with Gasteiger partial charge in [-0.2, -0.15) is 9.97 Å². The van der Waals surface area contributed by atoms with Crippen LogP contribution in [0, 0.1) is 0 Å². The minimum atomic E-state index is 0.102. The second kappa shape index (κ2) is 5.75. The zero-order valence-electron chi connectivity index (χ0n) is 10.4. The Labute approximate surface area is 118 Å². The first-order valence-electron chi connectivity index (χ1n) is 5.32. The summed E-state index contributed by atoms with van der Waals surface area (Å²) >= 11 is 3.32. The molecule has 0 radical (unpaired) electrons. The average molecular weight is 326 g/mol. The van der Waals surface area contributed by atoms with Crippen molar-refractivity contribution in [2.75, 3.05) is 20.0 Å². The molecule has 0 aliphatic heterocycles. The molecule has 100 valence electrons. The number of methoxy groups -OCH3 is 2. The van der Waals surface area contributed by atoms with Gasteiger partial charge in [0.25, 0.3) is 0 Å². The van der Waals surface area contributed by atoms with Crippen LogP contribution < -0.4 is 19.9 Å². The molecule has 0 bridgehead atoms. The third-order valence-corrected chi connectivity index (χ3v) is 2.74. The van der Waals surface area contributed by atoms with E-state index in [4.69, 9.17) is 19.9 Å². The van der Waals surface area contributed by atoms with Gasteiger partial charge in [0, 0.05) is 4.47 Å². The molecule has 7 heteroatoms. The van der Waals surface area contributed by atoms with Gasteiger partial charge in [0.05, 0.1) is 26.0 Å². The first-order valence-corrected chi connectivity index (χ1v) is 6.11. The first-order chi connectivity index (χ1) is 9.12. The molecule has 0 saturated heterocycles. The van der Waals surface area contributed by atoms with Gasteiger partial charge in [-0.25, -0.2) is 0 Å². The molecule has 0 aliphatic carbocycles. The van der Waals surface area contributed by atoms with Gasteiger partial charge in [-0.15, -0.1) is 0 Å². The quantitative estimate of drug-likeness (QED) is 0.870. The second-order valence-electron chi connectivity index (χ2n) is 3.52. The number of rotatable bonds is 4. The summed E-state index contributed by atoms with van der Waals surface area (Å²) in [7, 11) is 3.00. The zero-order valence-corrected chi connectivity index (χ0v) is 12.0.